The molecular weight excluding hydrogens is 409 g/mol. The Morgan fingerprint density at radius 1 is 1.23 bits per heavy atom. The van der Waals surface area contributed by atoms with Crippen LogP contribution >= 0.6 is 46.3 Å². The van der Waals surface area contributed by atoms with E-state index >= 15 is 0 Å². The van der Waals surface area contributed by atoms with E-state index < -0.39 is 0 Å². The molecule has 8 heteroatoms. The number of halogens is 2. The topological polar surface area (TPSA) is 65.8 Å². The molecule has 1 aromatic carbocycles. The molecular formula is C18H11Cl2N3OS2. The van der Waals surface area contributed by atoms with Gasteiger partial charge in [-0.25, -0.2) is 4.98 Å². The highest BCUT2D eigenvalue weighted by Gasteiger charge is 2.11. The van der Waals surface area contributed by atoms with Crippen LogP contribution in [0.5, 0.6) is 0 Å². The molecule has 0 radical (unpaired) electrons. The summed E-state index contributed by atoms with van der Waals surface area (Å²) in [6, 6.07) is 14.4. The monoisotopic (exact) mass is 419 g/mol. The molecule has 130 valence electrons. The average molecular weight is 420 g/mol. The molecule has 0 aliphatic carbocycles. The normalized spacial score (nSPS) is 10.3. The van der Waals surface area contributed by atoms with E-state index in [-0.39, 0.29) is 11.7 Å². The van der Waals surface area contributed by atoms with Crippen molar-refractivity contribution in [3.63, 3.8) is 0 Å². The number of amides is 1. The lowest BCUT2D eigenvalue weighted by Gasteiger charge is -2.07. The summed E-state index contributed by atoms with van der Waals surface area (Å²) in [5, 5.41) is 15.3. The summed E-state index contributed by atoms with van der Waals surface area (Å²) in [7, 11) is 0. The van der Waals surface area contributed by atoms with Crippen molar-refractivity contribution in [1.82, 2.24) is 4.98 Å². The van der Waals surface area contributed by atoms with E-state index in [1.165, 1.54) is 11.8 Å². The van der Waals surface area contributed by atoms with Crippen molar-refractivity contribution >= 4 is 57.9 Å². The molecule has 0 bridgehead atoms. The van der Waals surface area contributed by atoms with E-state index in [9.17, 15) is 10.1 Å². The summed E-state index contributed by atoms with van der Waals surface area (Å²) in [5.74, 6) is -0.101. The minimum atomic E-state index is -0.222. The molecule has 0 atom stereocenters. The van der Waals surface area contributed by atoms with Crippen LogP contribution in [-0.2, 0) is 4.79 Å². The Hall–Kier alpha value is -2.04. The van der Waals surface area contributed by atoms with Crippen LogP contribution in [0.15, 0.2) is 52.9 Å². The van der Waals surface area contributed by atoms with Gasteiger partial charge in [-0.2, -0.15) is 5.26 Å². The van der Waals surface area contributed by atoms with Crippen LogP contribution in [0, 0.1) is 11.3 Å². The second-order valence-corrected chi connectivity index (χ2v) is 7.83. The van der Waals surface area contributed by atoms with Crippen molar-refractivity contribution in [3.05, 3.63) is 63.5 Å². The first-order valence-corrected chi connectivity index (χ1v) is 10.0. The molecule has 0 saturated heterocycles. The predicted molar refractivity (Wildman–Crippen MR) is 108 cm³/mol. The molecule has 4 nitrogen and oxygen atoms in total. The molecule has 2 aromatic heterocycles. The summed E-state index contributed by atoms with van der Waals surface area (Å²) in [5.41, 5.74) is 1.79. The maximum atomic E-state index is 12.2. The average Bonchev–Trinajstić information content (AvgIpc) is 3.17. The smallest absolute Gasteiger partial charge is 0.234 e. The summed E-state index contributed by atoms with van der Waals surface area (Å²) < 4.78 is 0. The number of nitriles is 1. The van der Waals surface area contributed by atoms with Gasteiger partial charge in [0.2, 0.25) is 5.91 Å². The van der Waals surface area contributed by atoms with Crippen LogP contribution in [0.25, 0.3) is 10.6 Å². The van der Waals surface area contributed by atoms with E-state index in [1.54, 1.807) is 35.6 Å². The van der Waals surface area contributed by atoms with Crippen molar-refractivity contribution < 1.29 is 4.79 Å². The van der Waals surface area contributed by atoms with Crippen molar-refractivity contribution in [2.75, 3.05) is 11.1 Å². The molecule has 0 aliphatic heterocycles. The second-order valence-electron chi connectivity index (χ2n) is 5.10. The minimum absolute atomic E-state index is 0.121. The largest absolute Gasteiger partial charge is 0.325 e. The number of pyridine rings is 1. The molecule has 3 aromatic rings. The first kappa shape index (κ1) is 18.7. The molecule has 1 N–H and O–H groups in total. The Balaban J connectivity index is 1.70. The predicted octanol–water partition coefficient (Wildman–Crippen LogP) is 5.72. The fourth-order valence-corrected chi connectivity index (χ4v) is 3.87. The van der Waals surface area contributed by atoms with Crippen molar-refractivity contribution in [2.45, 2.75) is 5.03 Å². The molecule has 0 unspecified atom stereocenters. The Bertz CT molecular complexity index is 985. The number of thiophene rings is 1. The highest BCUT2D eigenvalue weighted by atomic mass is 35.5. The number of nitrogens with zero attached hydrogens (tertiary/aromatic N) is 2. The number of hydrogen-bond donors (Lipinski definition) is 1. The maximum Gasteiger partial charge on any atom is 0.234 e. The van der Waals surface area contributed by atoms with Crippen LogP contribution in [0.4, 0.5) is 5.69 Å². The number of thioether (sulfide) groups is 1. The number of rotatable bonds is 5. The SMILES string of the molecule is N#Cc1ccc(-c2cccs2)nc1SCC(=O)Nc1ccc(Cl)c(Cl)c1. The van der Waals surface area contributed by atoms with Crippen LogP contribution in [-0.4, -0.2) is 16.6 Å². The summed E-state index contributed by atoms with van der Waals surface area (Å²) in [4.78, 5) is 17.7. The molecule has 0 fully saturated rings. The third-order valence-corrected chi connectivity index (χ3v) is 5.92. The Labute approximate surface area is 168 Å². The van der Waals surface area contributed by atoms with Gasteiger partial charge in [0.15, 0.2) is 0 Å². The van der Waals surface area contributed by atoms with E-state index in [2.05, 4.69) is 16.4 Å². The van der Waals surface area contributed by atoms with E-state index in [0.717, 1.165) is 10.6 Å². The van der Waals surface area contributed by atoms with Crippen LogP contribution in [0.3, 0.4) is 0 Å². The van der Waals surface area contributed by atoms with Gasteiger partial charge in [-0.3, -0.25) is 4.79 Å². The highest BCUT2D eigenvalue weighted by molar-refractivity contribution is 8.00. The molecule has 2 heterocycles. The van der Waals surface area contributed by atoms with Gasteiger partial charge in [-0.05, 0) is 41.8 Å². The molecule has 1 amide bonds. The van der Waals surface area contributed by atoms with Gasteiger partial charge in [0.05, 0.1) is 31.9 Å². The third kappa shape index (κ3) is 4.57. The number of benzene rings is 1. The van der Waals surface area contributed by atoms with Gasteiger partial charge in [-0.1, -0.05) is 41.0 Å². The number of carbonyl (C=O) groups excluding carboxylic acids is 1. The fraction of sp³-hybridized carbons (Fsp3) is 0.0556. The van der Waals surface area contributed by atoms with Gasteiger partial charge >= 0.3 is 0 Å². The van der Waals surface area contributed by atoms with Gasteiger partial charge in [0.1, 0.15) is 11.1 Å². The summed E-state index contributed by atoms with van der Waals surface area (Å²) in [6.07, 6.45) is 0. The van der Waals surface area contributed by atoms with Gasteiger partial charge in [-0.15, -0.1) is 11.3 Å². The third-order valence-electron chi connectivity index (χ3n) is 3.30. The Kier molecular flexibility index (Phi) is 6.17. The Morgan fingerprint density at radius 3 is 2.77 bits per heavy atom. The lowest BCUT2D eigenvalue weighted by molar-refractivity contribution is -0.113. The second kappa shape index (κ2) is 8.56. The lowest BCUT2D eigenvalue weighted by atomic mass is 10.2. The van der Waals surface area contributed by atoms with Crippen LogP contribution < -0.4 is 5.32 Å². The molecule has 0 spiro atoms. The van der Waals surface area contributed by atoms with Crippen molar-refractivity contribution in [1.29, 1.82) is 5.26 Å². The Morgan fingerprint density at radius 2 is 2.08 bits per heavy atom. The number of anilines is 1. The first-order valence-electron chi connectivity index (χ1n) is 7.39. The summed E-state index contributed by atoms with van der Waals surface area (Å²) in [6.45, 7) is 0. The van der Waals surface area contributed by atoms with Gasteiger partial charge in [0, 0.05) is 5.69 Å². The van der Waals surface area contributed by atoms with Gasteiger partial charge in [0.25, 0.3) is 0 Å². The molecule has 26 heavy (non-hydrogen) atoms. The standard InChI is InChI=1S/C18H11Cl2N3OS2/c19-13-5-4-12(8-14(13)20)22-17(24)10-26-18-11(9-21)3-6-15(23-18)16-2-1-7-25-16/h1-8H,10H2,(H,22,24). The van der Waals surface area contributed by atoms with E-state index in [1.807, 2.05) is 23.6 Å². The zero-order valence-corrected chi connectivity index (χ0v) is 16.3. The van der Waals surface area contributed by atoms with Crippen molar-refractivity contribution in [3.8, 4) is 16.6 Å². The van der Waals surface area contributed by atoms with Crippen LogP contribution in [0.2, 0.25) is 10.0 Å². The molecule has 0 aliphatic rings. The zero-order valence-electron chi connectivity index (χ0n) is 13.2. The summed E-state index contributed by atoms with van der Waals surface area (Å²) >= 11 is 14.6. The molecule has 3 rings (SSSR count). The number of nitrogens with one attached hydrogen (secondary N) is 1. The van der Waals surface area contributed by atoms with E-state index in [4.69, 9.17) is 23.2 Å². The van der Waals surface area contributed by atoms with Gasteiger partial charge < -0.3 is 5.32 Å². The number of hydrogen-bond acceptors (Lipinski definition) is 5. The lowest BCUT2D eigenvalue weighted by Crippen LogP contribution is -2.14. The first-order chi connectivity index (χ1) is 12.6. The number of carbonyl (C=O) groups is 1. The maximum absolute atomic E-state index is 12.2. The number of aromatic nitrogens is 1. The van der Waals surface area contributed by atoms with Crippen LogP contribution in [0.1, 0.15) is 5.56 Å². The molecule has 0 saturated carbocycles. The highest BCUT2D eigenvalue weighted by Crippen LogP contribution is 2.28. The minimum Gasteiger partial charge on any atom is -0.325 e. The fourth-order valence-electron chi connectivity index (χ4n) is 2.10. The van der Waals surface area contributed by atoms with Crippen molar-refractivity contribution in [2.24, 2.45) is 0 Å². The zero-order chi connectivity index (χ0) is 18.5. The van der Waals surface area contributed by atoms with E-state index in [0.29, 0.717) is 26.3 Å². The quantitative estimate of drug-likeness (QED) is 0.536.